The smallest absolute Gasteiger partial charge is 0.222 e. The van der Waals surface area contributed by atoms with Crippen molar-refractivity contribution in [3.8, 4) is 0 Å². The second-order valence-electron chi connectivity index (χ2n) is 3.54. The molecule has 1 N–H and O–H groups in total. The Balaban J connectivity index is 2.19. The van der Waals surface area contributed by atoms with E-state index >= 15 is 0 Å². The Labute approximate surface area is 77.3 Å². The number of β-amino-alcohol motifs (C(OH)–C–C–N with tert-alkyl or cyclic N) is 1. The number of likely N-dealkylation sites (tertiary alicyclic amines) is 1. The van der Waals surface area contributed by atoms with Gasteiger partial charge in [0.05, 0.1) is 18.7 Å². The molecule has 70 valence electrons. The number of alkyl halides is 1. The molecule has 0 spiro atoms. The number of aliphatic hydroxyl groups is 1. The summed E-state index contributed by atoms with van der Waals surface area (Å²) in [5, 5.41) is 9.34. The van der Waals surface area contributed by atoms with E-state index in [1.165, 1.54) is 0 Å². The molecule has 1 heterocycles. The third kappa shape index (κ3) is 2.35. The Kier molecular flexibility index (Phi) is 2.96. The largest absolute Gasteiger partial charge is 0.386 e. The first-order valence-electron chi connectivity index (χ1n) is 4.11. The lowest BCUT2D eigenvalue weighted by Gasteiger charge is -2.44. The van der Waals surface area contributed by atoms with Gasteiger partial charge in [0.15, 0.2) is 0 Å². The van der Waals surface area contributed by atoms with Gasteiger partial charge in [0.1, 0.15) is 0 Å². The Hall–Kier alpha value is -0.280. The molecule has 0 aromatic rings. The molecule has 1 rings (SSSR count). The van der Waals surface area contributed by atoms with E-state index in [0.29, 0.717) is 25.4 Å². The van der Waals surface area contributed by atoms with Crippen LogP contribution in [-0.2, 0) is 4.79 Å². The van der Waals surface area contributed by atoms with Crippen molar-refractivity contribution in [3.05, 3.63) is 0 Å². The lowest BCUT2D eigenvalue weighted by atomic mass is 9.96. The van der Waals surface area contributed by atoms with Gasteiger partial charge in [-0.1, -0.05) is 0 Å². The Bertz CT molecular complexity index is 174. The minimum Gasteiger partial charge on any atom is -0.386 e. The molecule has 0 saturated carbocycles. The highest BCUT2D eigenvalue weighted by Gasteiger charge is 2.38. The molecule has 12 heavy (non-hydrogen) atoms. The van der Waals surface area contributed by atoms with Crippen molar-refractivity contribution in [2.75, 3.05) is 19.0 Å². The van der Waals surface area contributed by atoms with Crippen LogP contribution in [0.25, 0.3) is 0 Å². The average Bonchev–Trinajstić information content (AvgIpc) is 1.95. The predicted molar refractivity (Wildman–Crippen MR) is 47.2 cm³/mol. The van der Waals surface area contributed by atoms with Gasteiger partial charge < -0.3 is 10.0 Å². The van der Waals surface area contributed by atoms with E-state index in [0.717, 1.165) is 6.42 Å². The molecule has 0 bridgehead atoms. The van der Waals surface area contributed by atoms with E-state index in [-0.39, 0.29) is 5.91 Å². The van der Waals surface area contributed by atoms with Gasteiger partial charge in [-0.25, -0.2) is 0 Å². The Morgan fingerprint density at radius 2 is 2.25 bits per heavy atom. The molecule has 1 amide bonds. The number of halogens is 1. The molecular formula is C8H14ClNO2. The van der Waals surface area contributed by atoms with Gasteiger partial charge in [-0.05, 0) is 13.3 Å². The highest BCUT2D eigenvalue weighted by atomic mass is 35.5. The molecule has 0 radical (unpaired) electrons. The van der Waals surface area contributed by atoms with Gasteiger partial charge in [0.25, 0.3) is 0 Å². The summed E-state index contributed by atoms with van der Waals surface area (Å²) in [6.07, 6.45) is 1.22. The third-order valence-electron chi connectivity index (χ3n) is 1.94. The molecule has 0 aromatic heterocycles. The van der Waals surface area contributed by atoms with Gasteiger partial charge in [-0.3, -0.25) is 4.79 Å². The number of hydrogen-bond donors (Lipinski definition) is 1. The van der Waals surface area contributed by atoms with Crippen LogP contribution in [0.2, 0.25) is 0 Å². The minimum absolute atomic E-state index is 0.0992. The van der Waals surface area contributed by atoms with Crippen LogP contribution in [-0.4, -0.2) is 40.5 Å². The van der Waals surface area contributed by atoms with Crippen molar-refractivity contribution in [3.63, 3.8) is 0 Å². The molecule has 1 fully saturated rings. The maximum Gasteiger partial charge on any atom is 0.222 e. The Morgan fingerprint density at radius 3 is 2.67 bits per heavy atom. The van der Waals surface area contributed by atoms with E-state index in [4.69, 9.17) is 11.6 Å². The van der Waals surface area contributed by atoms with Crippen LogP contribution in [0.4, 0.5) is 0 Å². The standard InChI is InChI=1S/C8H14ClNO2/c1-8(12)5-10(6-8)7(11)3-2-4-9/h12H,2-6H2,1H3. The summed E-state index contributed by atoms with van der Waals surface area (Å²) in [5.41, 5.74) is -0.656. The number of rotatable bonds is 3. The zero-order valence-corrected chi connectivity index (χ0v) is 7.97. The van der Waals surface area contributed by atoms with Gasteiger partial charge in [-0.15, -0.1) is 11.6 Å². The predicted octanol–water partition coefficient (Wildman–Crippen LogP) is 0.599. The fourth-order valence-corrected chi connectivity index (χ4v) is 1.46. The van der Waals surface area contributed by atoms with Gasteiger partial charge in [0, 0.05) is 12.3 Å². The van der Waals surface area contributed by atoms with Crippen molar-refractivity contribution in [2.24, 2.45) is 0 Å². The van der Waals surface area contributed by atoms with Crippen molar-refractivity contribution < 1.29 is 9.90 Å². The number of carbonyl (C=O) groups is 1. The summed E-state index contributed by atoms with van der Waals surface area (Å²) in [5.74, 6) is 0.623. The second-order valence-corrected chi connectivity index (χ2v) is 3.92. The first kappa shape index (κ1) is 9.81. The van der Waals surface area contributed by atoms with Crippen LogP contribution in [0.3, 0.4) is 0 Å². The first-order chi connectivity index (χ1) is 5.55. The SMILES string of the molecule is CC1(O)CN(C(=O)CCCCl)C1. The molecule has 1 saturated heterocycles. The van der Waals surface area contributed by atoms with E-state index in [9.17, 15) is 9.90 Å². The normalized spacial score (nSPS) is 20.4. The average molecular weight is 192 g/mol. The van der Waals surface area contributed by atoms with Crippen molar-refractivity contribution >= 4 is 17.5 Å². The van der Waals surface area contributed by atoms with Gasteiger partial charge >= 0.3 is 0 Å². The number of amides is 1. The van der Waals surface area contributed by atoms with E-state index in [1.807, 2.05) is 0 Å². The van der Waals surface area contributed by atoms with Crippen LogP contribution in [0.5, 0.6) is 0 Å². The summed E-state index contributed by atoms with van der Waals surface area (Å²) in [6.45, 7) is 2.67. The fraction of sp³-hybridized carbons (Fsp3) is 0.875. The van der Waals surface area contributed by atoms with Crippen LogP contribution >= 0.6 is 11.6 Å². The second kappa shape index (κ2) is 3.62. The molecule has 0 aromatic carbocycles. The lowest BCUT2D eigenvalue weighted by molar-refractivity contribution is -0.152. The monoisotopic (exact) mass is 191 g/mol. The fourth-order valence-electron chi connectivity index (χ4n) is 1.33. The van der Waals surface area contributed by atoms with Crippen LogP contribution in [0.1, 0.15) is 19.8 Å². The van der Waals surface area contributed by atoms with Gasteiger partial charge in [0.2, 0.25) is 5.91 Å². The summed E-state index contributed by atoms with van der Waals surface area (Å²) < 4.78 is 0. The first-order valence-corrected chi connectivity index (χ1v) is 4.65. The Morgan fingerprint density at radius 1 is 1.67 bits per heavy atom. The summed E-state index contributed by atoms with van der Waals surface area (Å²) in [4.78, 5) is 12.9. The molecule has 1 aliphatic heterocycles. The van der Waals surface area contributed by atoms with Crippen molar-refractivity contribution in [1.82, 2.24) is 4.90 Å². The summed E-state index contributed by atoms with van der Waals surface area (Å²) in [7, 11) is 0. The molecule has 3 nitrogen and oxygen atoms in total. The molecule has 0 aliphatic carbocycles. The molecular weight excluding hydrogens is 178 g/mol. The highest BCUT2D eigenvalue weighted by Crippen LogP contribution is 2.20. The van der Waals surface area contributed by atoms with Crippen LogP contribution in [0.15, 0.2) is 0 Å². The number of nitrogens with zero attached hydrogens (tertiary/aromatic N) is 1. The number of hydrogen-bond acceptors (Lipinski definition) is 2. The molecule has 4 heteroatoms. The summed E-state index contributed by atoms with van der Waals surface area (Å²) >= 11 is 5.45. The zero-order valence-electron chi connectivity index (χ0n) is 7.22. The van der Waals surface area contributed by atoms with E-state index in [1.54, 1.807) is 11.8 Å². The topological polar surface area (TPSA) is 40.5 Å². The van der Waals surface area contributed by atoms with Crippen molar-refractivity contribution in [1.29, 1.82) is 0 Å². The minimum atomic E-state index is -0.656. The molecule has 0 unspecified atom stereocenters. The van der Waals surface area contributed by atoms with Gasteiger partial charge in [-0.2, -0.15) is 0 Å². The third-order valence-corrected chi connectivity index (χ3v) is 2.21. The molecule has 1 aliphatic rings. The maximum absolute atomic E-state index is 11.2. The van der Waals surface area contributed by atoms with E-state index < -0.39 is 5.60 Å². The highest BCUT2D eigenvalue weighted by molar-refractivity contribution is 6.17. The maximum atomic E-state index is 11.2. The molecule has 0 atom stereocenters. The van der Waals surface area contributed by atoms with Crippen LogP contribution < -0.4 is 0 Å². The van der Waals surface area contributed by atoms with E-state index in [2.05, 4.69) is 0 Å². The summed E-state index contributed by atoms with van der Waals surface area (Å²) in [6, 6.07) is 0. The zero-order chi connectivity index (χ0) is 9.19. The quantitative estimate of drug-likeness (QED) is 0.664. The van der Waals surface area contributed by atoms with Crippen molar-refractivity contribution in [2.45, 2.75) is 25.4 Å². The number of carbonyl (C=O) groups excluding carboxylic acids is 1. The lowest BCUT2D eigenvalue weighted by Crippen LogP contribution is -2.61. The van der Waals surface area contributed by atoms with Crippen LogP contribution in [0, 0.1) is 0 Å².